The van der Waals surface area contributed by atoms with Crippen LogP contribution in [0.3, 0.4) is 0 Å². The first-order valence-corrected chi connectivity index (χ1v) is 6.17. The molecule has 0 aliphatic carbocycles. The maximum atomic E-state index is 11.3. The summed E-state index contributed by atoms with van der Waals surface area (Å²) in [6.07, 6.45) is 0. The highest BCUT2D eigenvalue weighted by Gasteiger charge is 2.13. The van der Waals surface area contributed by atoms with E-state index < -0.39 is 5.97 Å². The number of carbonyl (C=O) groups excluding carboxylic acids is 1. The Morgan fingerprint density at radius 1 is 1.19 bits per heavy atom. The van der Waals surface area contributed by atoms with E-state index in [2.05, 4.69) is 21.0 Å². The number of aromatic nitrogens is 2. The van der Waals surface area contributed by atoms with Crippen LogP contribution >= 0.6 is 0 Å². The van der Waals surface area contributed by atoms with Gasteiger partial charge in [0.15, 0.2) is 0 Å². The number of nitrogens with zero attached hydrogens (tertiary/aromatic N) is 3. The summed E-state index contributed by atoms with van der Waals surface area (Å²) in [6, 6.07) is 8.41. The lowest BCUT2D eigenvalue weighted by atomic mass is 10.1. The first-order chi connectivity index (χ1) is 10.1. The molecule has 0 amide bonds. The van der Waals surface area contributed by atoms with Crippen LogP contribution in [-0.2, 0) is 4.74 Å². The minimum Gasteiger partial charge on any atom is -0.465 e. The van der Waals surface area contributed by atoms with Crippen molar-refractivity contribution in [3.05, 3.63) is 46.6 Å². The van der Waals surface area contributed by atoms with Crippen molar-refractivity contribution in [1.29, 1.82) is 5.26 Å². The molecule has 0 saturated heterocycles. The smallest absolute Gasteiger partial charge is 0.337 e. The van der Waals surface area contributed by atoms with Crippen molar-refractivity contribution in [1.82, 2.24) is 10.2 Å². The molecule has 1 aromatic heterocycles. The summed E-state index contributed by atoms with van der Waals surface area (Å²) >= 11 is 0. The van der Waals surface area contributed by atoms with E-state index in [1.54, 1.807) is 38.1 Å². The van der Waals surface area contributed by atoms with E-state index >= 15 is 0 Å². The van der Waals surface area contributed by atoms with Gasteiger partial charge >= 0.3 is 5.97 Å². The Labute approximate surface area is 122 Å². The fourth-order valence-corrected chi connectivity index (χ4v) is 1.68. The molecule has 0 unspecified atom stereocenters. The fourth-order valence-electron chi connectivity index (χ4n) is 1.68. The average molecular weight is 283 g/mol. The Morgan fingerprint density at radius 3 is 2.43 bits per heavy atom. The maximum Gasteiger partial charge on any atom is 0.337 e. The van der Waals surface area contributed by atoms with Gasteiger partial charge in [-0.25, -0.2) is 4.79 Å². The van der Waals surface area contributed by atoms with Crippen LogP contribution in [-0.4, -0.2) is 23.3 Å². The van der Waals surface area contributed by atoms with Gasteiger partial charge in [-0.05, 0) is 43.7 Å². The summed E-state index contributed by atoms with van der Waals surface area (Å²) in [6.45, 7) is 3.56. The molecule has 2 aromatic rings. The molecule has 2 rings (SSSR count). The van der Waals surface area contributed by atoms with Crippen LogP contribution in [0.5, 0.6) is 11.6 Å². The van der Waals surface area contributed by atoms with Gasteiger partial charge in [0.1, 0.15) is 17.4 Å². The highest BCUT2D eigenvalue weighted by atomic mass is 16.5. The topological polar surface area (TPSA) is 85.1 Å². The molecule has 21 heavy (non-hydrogen) atoms. The van der Waals surface area contributed by atoms with Crippen LogP contribution in [0.2, 0.25) is 0 Å². The zero-order chi connectivity index (χ0) is 15.4. The van der Waals surface area contributed by atoms with Crippen molar-refractivity contribution in [2.75, 3.05) is 7.11 Å². The minimum atomic E-state index is -0.426. The van der Waals surface area contributed by atoms with Gasteiger partial charge in [-0.1, -0.05) is 0 Å². The number of benzene rings is 1. The number of aryl methyl sites for hydroxylation is 1. The van der Waals surface area contributed by atoms with Crippen molar-refractivity contribution in [3.8, 4) is 17.7 Å². The normalized spacial score (nSPS) is 9.81. The van der Waals surface area contributed by atoms with E-state index in [0.717, 1.165) is 5.56 Å². The van der Waals surface area contributed by atoms with Crippen LogP contribution in [0.25, 0.3) is 0 Å². The minimum absolute atomic E-state index is 0.145. The van der Waals surface area contributed by atoms with Crippen LogP contribution in [0.4, 0.5) is 0 Å². The summed E-state index contributed by atoms with van der Waals surface area (Å²) in [5.74, 6) is 0.174. The van der Waals surface area contributed by atoms with E-state index in [1.165, 1.54) is 7.11 Å². The van der Waals surface area contributed by atoms with Crippen LogP contribution in [0.15, 0.2) is 24.3 Å². The molecule has 0 aliphatic heterocycles. The van der Waals surface area contributed by atoms with Crippen molar-refractivity contribution in [2.24, 2.45) is 0 Å². The second-order valence-corrected chi connectivity index (χ2v) is 4.32. The van der Waals surface area contributed by atoms with Gasteiger partial charge in [-0.15, -0.1) is 5.10 Å². The summed E-state index contributed by atoms with van der Waals surface area (Å²) < 4.78 is 10.2. The third kappa shape index (κ3) is 2.98. The lowest BCUT2D eigenvalue weighted by molar-refractivity contribution is 0.0600. The predicted octanol–water partition coefficient (Wildman–Crippen LogP) is 2.54. The number of nitriles is 1. The molecule has 0 atom stereocenters. The van der Waals surface area contributed by atoms with E-state index in [1.807, 2.05) is 0 Å². The highest BCUT2D eigenvalue weighted by molar-refractivity contribution is 5.89. The first-order valence-electron chi connectivity index (χ1n) is 6.17. The van der Waals surface area contributed by atoms with Gasteiger partial charge in [-0.3, -0.25) is 0 Å². The largest absolute Gasteiger partial charge is 0.465 e. The van der Waals surface area contributed by atoms with E-state index in [9.17, 15) is 10.1 Å². The van der Waals surface area contributed by atoms with Crippen molar-refractivity contribution in [3.63, 3.8) is 0 Å². The van der Waals surface area contributed by atoms with Gasteiger partial charge in [0.25, 0.3) is 5.88 Å². The standard InChI is InChI=1S/C15H13N3O3/c1-9-10(2)17-18-14(13(9)8-16)21-12-6-4-11(5-7-12)15(19)20-3/h4-7H,1-3H3. The predicted molar refractivity (Wildman–Crippen MR) is 74.1 cm³/mol. The number of rotatable bonds is 3. The molecule has 0 saturated carbocycles. The Bertz CT molecular complexity index is 718. The van der Waals surface area contributed by atoms with E-state index in [4.69, 9.17) is 4.74 Å². The molecule has 0 aliphatic rings. The maximum absolute atomic E-state index is 11.3. The van der Waals surface area contributed by atoms with Crippen LogP contribution < -0.4 is 4.74 Å². The SMILES string of the molecule is COC(=O)c1ccc(Oc2nnc(C)c(C)c2C#N)cc1. The number of esters is 1. The Kier molecular flexibility index (Phi) is 4.14. The highest BCUT2D eigenvalue weighted by Crippen LogP contribution is 2.25. The fraction of sp³-hybridized carbons (Fsp3) is 0.200. The van der Waals surface area contributed by atoms with Gasteiger partial charge in [-0.2, -0.15) is 10.4 Å². The quantitative estimate of drug-likeness (QED) is 0.805. The molecule has 1 heterocycles. The summed E-state index contributed by atoms with van der Waals surface area (Å²) in [5.41, 5.74) is 2.17. The van der Waals surface area contributed by atoms with E-state index in [-0.39, 0.29) is 5.88 Å². The van der Waals surface area contributed by atoms with Gasteiger partial charge in [0.05, 0.1) is 18.4 Å². The zero-order valence-corrected chi connectivity index (χ0v) is 11.9. The van der Waals surface area contributed by atoms with Gasteiger partial charge in [0, 0.05) is 0 Å². The molecular formula is C15H13N3O3. The summed E-state index contributed by atoms with van der Waals surface area (Å²) in [5, 5.41) is 17.0. The lowest BCUT2D eigenvalue weighted by Crippen LogP contribution is -2.02. The molecular weight excluding hydrogens is 270 g/mol. The summed E-state index contributed by atoms with van der Waals surface area (Å²) in [7, 11) is 1.32. The molecule has 106 valence electrons. The monoisotopic (exact) mass is 283 g/mol. The molecule has 1 aromatic carbocycles. The molecule has 0 bridgehead atoms. The number of ether oxygens (including phenoxy) is 2. The van der Waals surface area contributed by atoms with Crippen molar-refractivity contribution >= 4 is 5.97 Å². The third-order valence-corrected chi connectivity index (χ3v) is 3.02. The van der Waals surface area contributed by atoms with E-state index in [0.29, 0.717) is 22.6 Å². The zero-order valence-electron chi connectivity index (χ0n) is 11.9. The molecule has 0 spiro atoms. The molecule has 0 fully saturated rings. The van der Waals surface area contributed by atoms with Gasteiger partial charge < -0.3 is 9.47 Å². The van der Waals surface area contributed by atoms with Crippen molar-refractivity contribution in [2.45, 2.75) is 13.8 Å². The van der Waals surface area contributed by atoms with Crippen molar-refractivity contribution < 1.29 is 14.3 Å². The Hall–Kier alpha value is -2.94. The third-order valence-electron chi connectivity index (χ3n) is 3.02. The Balaban J connectivity index is 2.29. The Morgan fingerprint density at radius 2 is 1.86 bits per heavy atom. The molecule has 0 radical (unpaired) electrons. The summed E-state index contributed by atoms with van der Waals surface area (Å²) in [4.78, 5) is 11.3. The van der Waals surface area contributed by atoms with Gasteiger partial charge in [0.2, 0.25) is 0 Å². The molecule has 6 nitrogen and oxygen atoms in total. The number of carbonyl (C=O) groups is 1. The second-order valence-electron chi connectivity index (χ2n) is 4.32. The average Bonchev–Trinajstić information content (AvgIpc) is 2.51. The van der Waals surface area contributed by atoms with Crippen LogP contribution in [0, 0.1) is 25.2 Å². The second kappa shape index (κ2) is 6.01. The number of hydrogen-bond acceptors (Lipinski definition) is 6. The number of hydrogen-bond donors (Lipinski definition) is 0. The first kappa shape index (κ1) is 14.5. The number of methoxy groups -OCH3 is 1. The molecule has 6 heteroatoms. The van der Waals surface area contributed by atoms with Crippen LogP contribution in [0.1, 0.15) is 27.2 Å². The molecule has 0 N–H and O–H groups in total. The lowest BCUT2D eigenvalue weighted by Gasteiger charge is -2.08.